The molecule has 2 aromatic heterocycles. The van der Waals surface area contributed by atoms with Crippen molar-refractivity contribution in [1.29, 1.82) is 0 Å². The first-order valence-corrected chi connectivity index (χ1v) is 8.37. The van der Waals surface area contributed by atoms with Crippen molar-refractivity contribution in [2.45, 2.75) is 18.6 Å². The van der Waals surface area contributed by atoms with E-state index in [1.54, 1.807) is 24.2 Å². The van der Waals surface area contributed by atoms with Crippen LogP contribution >= 0.6 is 11.8 Å². The van der Waals surface area contributed by atoms with Gasteiger partial charge < -0.3 is 0 Å². The molecule has 0 unspecified atom stereocenters. The number of benzene rings is 1. The predicted octanol–water partition coefficient (Wildman–Crippen LogP) is 4.06. The van der Waals surface area contributed by atoms with Crippen LogP contribution in [0, 0.1) is 0 Å². The normalized spacial score (nSPS) is 10.7. The third kappa shape index (κ3) is 3.87. The van der Waals surface area contributed by atoms with Crippen molar-refractivity contribution in [2.75, 3.05) is 5.75 Å². The Hall–Kier alpha value is -2.40. The molecule has 23 heavy (non-hydrogen) atoms. The van der Waals surface area contributed by atoms with Crippen LogP contribution < -0.4 is 0 Å². The molecule has 0 bridgehead atoms. The van der Waals surface area contributed by atoms with Gasteiger partial charge in [0.25, 0.3) is 0 Å². The number of nitrogens with zero attached hydrogens (tertiary/aromatic N) is 4. The highest BCUT2D eigenvalue weighted by atomic mass is 32.2. The lowest BCUT2D eigenvalue weighted by Crippen LogP contribution is -2.04. The SMILES string of the molecule is C=C(C)CSc1nnc(-c2ccncc2)n1Cc1ccccc1. The van der Waals surface area contributed by atoms with Crippen molar-refractivity contribution in [3.8, 4) is 11.4 Å². The van der Waals surface area contributed by atoms with E-state index < -0.39 is 0 Å². The highest BCUT2D eigenvalue weighted by molar-refractivity contribution is 7.99. The summed E-state index contributed by atoms with van der Waals surface area (Å²) in [5, 5.41) is 9.68. The van der Waals surface area contributed by atoms with Gasteiger partial charge in [-0.15, -0.1) is 10.2 Å². The van der Waals surface area contributed by atoms with E-state index in [2.05, 4.69) is 38.5 Å². The zero-order valence-corrected chi connectivity index (χ0v) is 13.8. The van der Waals surface area contributed by atoms with Gasteiger partial charge in [-0.3, -0.25) is 9.55 Å². The van der Waals surface area contributed by atoms with Gasteiger partial charge in [-0.2, -0.15) is 0 Å². The molecule has 0 aliphatic carbocycles. The standard InChI is InChI=1S/C18H18N4S/c1-14(2)13-23-18-21-20-17(16-8-10-19-11-9-16)22(18)12-15-6-4-3-5-7-15/h3-11H,1,12-13H2,2H3. The van der Waals surface area contributed by atoms with Crippen molar-refractivity contribution in [2.24, 2.45) is 0 Å². The molecule has 0 fully saturated rings. The summed E-state index contributed by atoms with van der Waals surface area (Å²) in [7, 11) is 0. The highest BCUT2D eigenvalue weighted by Crippen LogP contribution is 2.25. The molecule has 0 aliphatic heterocycles. The van der Waals surface area contributed by atoms with E-state index in [-0.39, 0.29) is 0 Å². The monoisotopic (exact) mass is 322 g/mol. The van der Waals surface area contributed by atoms with Crippen molar-refractivity contribution in [1.82, 2.24) is 19.7 Å². The lowest BCUT2D eigenvalue weighted by atomic mass is 10.2. The highest BCUT2D eigenvalue weighted by Gasteiger charge is 2.14. The molecule has 0 saturated carbocycles. The average Bonchev–Trinajstić information content (AvgIpc) is 2.97. The zero-order valence-electron chi connectivity index (χ0n) is 13.0. The first kappa shape index (κ1) is 15.5. The lowest BCUT2D eigenvalue weighted by molar-refractivity contribution is 0.715. The molecule has 0 spiro atoms. The number of pyridine rings is 1. The number of thioether (sulfide) groups is 1. The van der Waals surface area contributed by atoms with Crippen molar-refractivity contribution >= 4 is 11.8 Å². The van der Waals surface area contributed by atoms with E-state index in [1.165, 1.54) is 5.56 Å². The molecule has 3 aromatic rings. The summed E-state index contributed by atoms with van der Waals surface area (Å²) in [6, 6.07) is 14.3. The third-order valence-corrected chi connectivity index (χ3v) is 4.48. The van der Waals surface area contributed by atoms with Crippen LogP contribution in [0.1, 0.15) is 12.5 Å². The first-order chi connectivity index (χ1) is 11.2. The fourth-order valence-electron chi connectivity index (χ4n) is 2.21. The molecule has 3 rings (SSSR count). The molecule has 0 aliphatic rings. The van der Waals surface area contributed by atoms with Crippen LogP contribution in [0.3, 0.4) is 0 Å². The van der Waals surface area contributed by atoms with Crippen LogP contribution in [0.5, 0.6) is 0 Å². The number of hydrogen-bond donors (Lipinski definition) is 0. The van der Waals surface area contributed by atoms with Gasteiger partial charge in [0, 0.05) is 23.7 Å². The topological polar surface area (TPSA) is 43.6 Å². The molecular weight excluding hydrogens is 304 g/mol. The minimum Gasteiger partial charge on any atom is -0.298 e. The van der Waals surface area contributed by atoms with Gasteiger partial charge in [-0.25, -0.2) is 0 Å². The lowest BCUT2D eigenvalue weighted by Gasteiger charge is -2.10. The Labute approximate surface area is 140 Å². The van der Waals surface area contributed by atoms with Crippen LogP contribution in [0.15, 0.2) is 72.2 Å². The number of rotatable bonds is 6. The van der Waals surface area contributed by atoms with E-state index in [1.807, 2.05) is 37.3 Å². The Morgan fingerprint density at radius 2 is 1.83 bits per heavy atom. The summed E-state index contributed by atoms with van der Waals surface area (Å²) in [6.45, 7) is 6.72. The average molecular weight is 322 g/mol. The van der Waals surface area contributed by atoms with Gasteiger partial charge in [-0.1, -0.05) is 54.2 Å². The van der Waals surface area contributed by atoms with Gasteiger partial charge >= 0.3 is 0 Å². The summed E-state index contributed by atoms with van der Waals surface area (Å²) in [6.07, 6.45) is 3.55. The summed E-state index contributed by atoms with van der Waals surface area (Å²) in [5.41, 5.74) is 3.36. The Kier molecular flexibility index (Phi) is 4.88. The Balaban J connectivity index is 1.97. The minimum absolute atomic E-state index is 0.740. The Morgan fingerprint density at radius 1 is 1.09 bits per heavy atom. The van der Waals surface area contributed by atoms with Gasteiger partial charge in [0.05, 0.1) is 6.54 Å². The summed E-state index contributed by atoms with van der Waals surface area (Å²) in [4.78, 5) is 4.08. The second kappa shape index (κ2) is 7.24. The molecule has 1 aromatic carbocycles. The van der Waals surface area contributed by atoms with Crippen LogP contribution in [-0.4, -0.2) is 25.5 Å². The maximum absolute atomic E-state index is 4.40. The van der Waals surface area contributed by atoms with E-state index in [9.17, 15) is 0 Å². The van der Waals surface area contributed by atoms with E-state index >= 15 is 0 Å². The third-order valence-electron chi connectivity index (χ3n) is 3.29. The van der Waals surface area contributed by atoms with E-state index in [0.717, 1.165) is 34.4 Å². The largest absolute Gasteiger partial charge is 0.298 e. The molecule has 0 saturated heterocycles. The quantitative estimate of drug-likeness (QED) is 0.507. The maximum Gasteiger partial charge on any atom is 0.192 e. The second-order valence-corrected chi connectivity index (χ2v) is 6.30. The summed E-state index contributed by atoms with van der Waals surface area (Å²) in [5.74, 6) is 1.70. The first-order valence-electron chi connectivity index (χ1n) is 7.39. The number of aromatic nitrogens is 4. The van der Waals surface area contributed by atoms with Crippen molar-refractivity contribution in [3.63, 3.8) is 0 Å². The Morgan fingerprint density at radius 3 is 2.52 bits per heavy atom. The molecule has 0 amide bonds. The summed E-state index contributed by atoms with van der Waals surface area (Å²) < 4.78 is 2.15. The van der Waals surface area contributed by atoms with Gasteiger partial charge in [0.15, 0.2) is 11.0 Å². The summed E-state index contributed by atoms with van der Waals surface area (Å²) >= 11 is 1.66. The molecular formula is C18H18N4S. The van der Waals surface area contributed by atoms with Gasteiger partial charge in [-0.05, 0) is 24.6 Å². The molecule has 0 N–H and O–H groups in total. The molecule has 2 heterocycles. The van der Waals surface area contributed by atoms with Crippen LogP contribution in [0.4, 0.5) is 0 Å². The zero-order chi connectivity index (χ0) is 16.1. The minimum atomic E-state index is 0.740. The smallest absolute Gasteiger partial charge is 0.192 e. The van der Waals surface area contributed by atoms with Crippen LogP contribution in [0.25, 0.3) is 11.4 Å². The van der Waals surface area contributed by atoms with Gasteiger partial charge in [0.2, 0.25) is 0 Å². The maximum atomic E-state index is 4.40. The fourth-order valence-corrected chi connectivity index (χ4v) is 2.99. The molecule has 4 nitrogen and oxygen atoms in total. The predicted molar refractivity (Wildman–Crippen MR) is 94.3 cm³/mol. The van der Waals surface area contributed by atoms with E-state index in [4.69, 9.17) is 0 Å². The van der Waals surface area contributed by atoms with Crippen LogP contribution in [-0.2, 0) is 6.54 Å². The molecule has 0 atom stereocenters. The molecule has 5 heteroatoms. The Bertz CT molecular complexity index is 781. The second-order valence-electron chi connectivity index (χ2n) is 5.36. The van der Waals surface area contributed by atoms with Crippen molar-refractivity contribution in [3.05, 3.63) is 72.6 Å². The van der Waals surface area contributed by atoms with Gasteiger partial charge in [0.1, 0.15) is 0 Å². The van der Waals surface area contributed by atoms with E-state index in [0.29, 0.717) is 0 Å². The van der Waals surface area contributed by atoms with Crippen molar-refractivity contribution < 1.29 is 0 Å². The molecule has 0 radical (unpaired) electrons. The fraction of sp³-hybridized carbons (Fsp3) is 0.167. The molecule has 116 valence electrons. The van der Waals surface area contributed by atoms with Crippen LogP contribution in [0.2, 0.25) is 0 Å². The number of hydrogen-bond acceptors (Lipinski definition) is 4.